The van der Waals surface area contributed by atoms with Gasteiger partial charge >= 0.3 is 5.97 Å². The molecule has 240 valence electrons. The molecule has 0 saturated carbocycles. The van der Waals surface area contributed by atoms with Crippen LogP contribution in [0.5, 0.6) is 0 Å². The zero-order chi connectivity index (χ0) is 32.9. The zero-order valence-electron chi connectivity index (χ0n) is 24.3. The van der Waals surface area contributed by atoms with Crippen molar-refractivity contribution in [1.29, 1.82) is 0 Å². The Morgan fingerprint density at radius 1 is 1.18 bits per heavy atom. The highest BCUT2D eigenvalue weighted by atomic mass is 16.6. The zero-order valence-corrected chi connectivity index (χ0v) is 24.3. The number of hydrogen-bond donors (Lipinski definition) is 7. The largest absolute Gasteiger partial charge is 0.481 e. The number of hydroxylamine groups is 1. The Hall–Kier alpha value is -5.15. The number of amides is 4. The van der Waals surface area contributed by atoms with Crippen LogP contribution < -0.4 is 33.1 Å². The topological polar surface area (TPSA) is 251 Å². The van der Waals surface area contributed by atoms with Gasteiger partial charge < -0.3 is 36.4 Å². The highest BCUT2D eigenvalue weighted by Crippen LogP contribution is 2.36. The number of hydrazine groups is 1. The molecule has 0 unspecified atom stereocenters. The second kappa shape index (κ2) is 16.6. The first kappa shape index (κ1) is 34.3. The van der Waals surface area contributed by atoms with Gasteiger partial charge in [-0.25, -0.2) is 10.9 Å². The molecule has 0 aliphatic carbocycles. The summed E-state index contributed by atoms with van der Waals surface area (Å²) in [5, 5.41) is 11.7. The van der Waals surface area contributed by atoms with Gasteiger partial charge in [-0.1, -0.05) is 0 Å². The van der Waals surface area contributed by atoms with Crippen LogP contribution in [0.4, 0.5) is 0 Å². The van der Waals surface area contributed by atoms with E-state index in [1.54, 1.807) is 0 Å². The number of fused-ring (bicyclic) bond motifs is 1. The lowest BCUT2D eigenvalue weighted by atomic mass is 9.86. The minimum Gasteiger partial charge on any atom is -0.481 e. The van der Waals surface area contributed by atoms with Crippen molar-refractivity contribution in [3.8, 4) is 36.2 Å². The van der Waals surface area contributed by atoms with E-state index in [2.05, 4.69) is 56.4 Å². The van der Waals surface area contributed by atoms with Crippen molar-refractivity contribution in [2.24, 2.45) is 22.4 Å². The fraction of sp³-hybridized carbons (Fsp3) is 0.536. The number of nitrogens with one attached hydrogen (secondary N) is 4. The number of rotatable bonds is 11. The van der Waals surface area contributed by atoms with Gasteiger partial charge in [-0.15, -0.1) is 11.9 Å². The maximum atomic E-state index is 14.0. The SMILES string of the molecule is C#CC#CC#CONC[C@@H]1C[C@@H]2CC[C@H]3C(=O)N([C@H](C=O)CCCN=C(N)N)C(=O)CNC(=O)[C@H](CC(=O)O)NN[C@H]1C(=O)N23. The number of carbonyl (C=O) groups excluding carboxylic acids is 5. The van der Waals surface area contributed by atoms with Crippen LogP contribution in [0.1, 0.15) is 38.5 Å². The number of terminal acetylenes is 1. The van der Waals surface area contributed by atoms with Crippen molar-refractivity contribution in [3.05, 3.63) is 0 Å². The molecule has 4 amide bonds. The number of carbonyl (C=O) groups is 6. The third-order valence-corrected chi connectivity index (χ3v) is 7.54. The van der Waals surface area contributed by atoms with Crippen molar-refractivity contribution in [3.63, 3.8) is 0 Å². The summed E-state index contributed by atoms with van der Waals surface area (Å²) >= 11 is 0. The van der Waals surface area contributed by atoms with Crippen LogP contribution in [0.2, 0.25) is 0 Å². The minimum atomic E-state index is -1.41. The molecule has 0 radical (unpaired) electrons. The molecule has 3 heterocycles. The number of nitrogens with zero attached hydrogens (tertiary/aromatic N) is 3. The maximum Gasteiger partial charge on any atom is 0.305 e. The lowest BCUT2D eigenvalue weighted by Gasteiger charge is -2.43. The number of carboxylic acids is 1. The summed E-state index contributed by atoms with van der Waals surface area (Å²) in [6.45, 7) is -0.478. The van der Waals surface area contributed by atoms with E-state index >= 15 is 0 Å². The van der Waals surface area contributed by atoms with Crippen LogP contribution in [0, 0.1) is 42.1 Å². The van der Waals surface area contributed by atoms with Gasteiger partial charge in [-0.3, -0.25) is 33.9 Å². The van der Waals surface area contributed by atoms with Gasteiger partial charge in [0.25, 0.3) is 5.91 Å². The van der Waals surface area contributed by atoms with E-state index in [4.69, 9.17) is 22.7 Å². The molecule has 9 N–H and O–H groups in total. The van der Waals surface area contributed by atoms with Gasteiger partial charge in [0, 0.05) is 36.9 Å². The van der Waals surface area contributed by atoms with Crippen LogP contribution >= 0.6 is 0 Å². The number of guanidine groups is 1. The fourth-order valence-corrected chi connectivity index (χ4v) is 5.57. The average Bonchev–Trinajstić information content (AvgIpc) is 3.43. The fourth-order valence-electron chi connectivity index (χ4n) is 5.57. The summed E-state index contributed by atoms with van der Waals surface area (Å²) in [4.78, 5) is 89.2. The third kappa shape index (κ3) is 9.17. The lowest BCUT2D eigenvalue weighted by Crippen LogP contribution is -2.66. The number of nitrogens with two attached hydrogens (primary N) is 2. The van der Waals surface area contributed by atoms with Gasteiger partial charge in [-0.05, 0) is 43.9 Å². The number of hydrogen-bond acceptors (Lipinski definition) is 11. The van der Waals surface area contributed by atoms with Crippen molar-refractivity contribution in [2.45, 2.75) is 68.7 Å². The molecule has 0 aromatic rings. The summed E-state index contributed by atoms with van der Waals surface area (Å²) in [7, 11) is 0. The predicted molar refractivity (Wildman–Crippen MR) is 156 cm³/mol. The maximum absolute atomic E-state index is 14.0. The van der Waals surface area contributed by atoms with Crippen molar-refractivity contribution in [2.75, 3.05) is 19.6 Å². The van der Waals surface area contributed by atoms with E-state index in [0.29, 0.717) is 19.1 Å². The number of carboxylic acid groups (broad SMARTS) is 1. The highest BCUT2D eigenvalue weighted by Gasteiger charge is 2.51. The van der Waals surface area contributed by atoms with Gasteiger partial charge in [0.2, 0.25) is 17.7 Å². The summed E-state index contributed by atoms with van der Waals surface area (Å²) < 4.78 is 0. The molecule has 45 heavy (non-hydrogen) atoms. The summed E-state index contributed by atoms with van der Waals surface area (Å²) in [5.41, 5.74) is 18.8. The van der Waals surface area contributed by atoms with E-state index in [0.717, 1.165) is 4.90 Å². The molecular weight excluding hydrogens is 590 g/mol. The number of aliphatic imine (C=N–C) groups is 1. The first-order valence-corrected chi connectivity index (χ1v) is 14.1. The van der Waals surface area contributed by atoms with Gasteiger partial charge in [-0.2, -0.15) is 0 Å². The first-order valence-electron chi connectivity index (χ1n) is 14.1. The molecule has 3 saturated heterocycles. The van der Waals surface area contributed by atoms with Crippen LogP contribution in [-0.2, 0) is 33.6 Å². The second-order valence-corrected chi connectivity index (χ2v) is 10.4. The molecule has 3 rings (SSSR count). The molecule has 0 spiro atoms. The molecule has 6 atom stereocenters. The Kier molecular flexibility index (Phi) is 12.7. The number of aliphatic carboxylic acids is 1. The Balaban J connectivity index is 1.93. The minimum absolute atomic E-state index is 0.0220. The highest BCUT2D eigenvalue weighted by molar-refractivity contribution is 6.04. The van der Waals surface area contributed by atoms with Crippen molar-refractivity contribution in [1.82, 2.24) is 31.4 Å². The molecule has 2 bridgehead atoms. The number of imide groups is 1. The summed E-state index contributed by atoms with van der Waals surface area (Å²) in [6.07, 6.45) is 8.38. The molecular formula is C28H35N9O8. The second-order valence-electron chi connectivity index (χ2n) is 10.4. The molecule has 0 aromatic carbocycles. The van der Waals surface area contributed by atoms with Gasteiger partial charge in [0.1, 0.15) is 24.4 Å². The Bertz CT molecular complexity index is 1370. The molecule has 3 fully saturated rings. The Morgan fingerprint density at radius 3 is 2.64 bits per heavy atom. The molecule has 17 heteroatoms. The quantitative estimate of drug-likeness (QED) is 0.0220. The summed E-state index contributed by atoms with van der Waals surface area (Å²) in [6, 6.07) is -5.16. The lowest BCUT2D eigenvalue weighted by molar-refractivity contribution is -0.158. The van der Waals surface area contributed by atoms with Crippen LogP contribution in [0.15, 0.2) is 4.99 Å². The Morgan fingerprint density at radius 2 is 1.96 bits per heavy atom. The third-order valence-electron chi connectivity index (χ3n) is 7.54. The van der Waals surface area contributed by atoms with E-state index in [-0.39, 0.29) is 38.3 Å². The van der Waals surface area contributed by atoms with Crippen molar-refractivity contribution >= 4 is 41.8 Å². The monoisotopic (exact) mass is 625 g/mol. The molecule has 17 nitrogen and oxygen atoms in total. The average molecular weight is 626 g/mol. The molecule has 3 aliphatic rings. The van der Waals surface area contributed by atoms with Crippen LogP contribution in [0.25, 0.3) is 0 Å². The summed E-state index contributed by atoms with van der Waals surface area (Å²) in [5.74, 6) is 4.11. The predicted octanol–water partition coefficient (Wildman–Crippen LogP) is -4.10. The van der Waals surface area contributed by atoms with E-state index in [1.165, 1.54) is 4.90 Å². The number of aldehydes is 1. The van der Waals surface area contributed by atoms with Crippen molar-refractivity contribution < 1.29 is 38.7 Å². The molecule has 3 aliphatic heterocycles. The first-order chi connectivity index (χ1) is 21.6. The molecule has 0 aromatic heterocycles. The smallest absolute Gasteiger partial charge is 0.305 e. The van der Waals surface area contributed by atoms with Crippen LogP contribution in [0.3, 0.4) is 0 Å². The van der Waals surface area contributed by atoms with Gasteiger partial charge in [0.05, 0.1) is 19.0 Å². The number of piperidine rings is 1. The van der Waals surface area contributed by atoms with Crippen LogP contribution in [-0.4, -0.2) is 107 Å². The Labute approximate surface area is 259 Å². The van der Waals surface area contributed by atoms with E-state index in [1.807, 2.05) is 0 Å². The van der Waals surface area contributed by atoms with E-state index < -0.39 is 78.7 Å². The van der Waals surface area contributed by atoms with E-state index in [9.17, 15) is 33.9 Å². The standard InChI is InChI=1S/C28H35N9O8/c1-2-3-4-5-11-45-33-14-17-12-18-8-9-21-26(43)37(19(16-38)7-6-10-31-28(29)30)22(39)15-32-25(42)20(13-23(40)41)34-35-24(17)27(44)36(18)21/h1,16-21,24,33-35H,6-10,12-15H2,(H,32,42)(H,40,41)(H4,29,30,31)/t17-,18-,19-,20-,21-,24+/m0/s1. The normalized spacial score (nSPS) is 25.4. The van der Waals surface area contributed by atoms with Gasteiger partial charge in [0.15, 0.2) is 12.1 Å².